The predicted molar refractivity (Wildman–Crippen MR) is 74.8 cm³/mol. The van der Waals surface area contributed by atoms with Gasteiger partial charge in [-0.2, -0.15) is 0 Å². The molecule has 20 heavy (non-hydrogen) atoms. The molecule has 0 unspecified atom stereocenters. The Morgan fingerprint density at radius 3 is 2.55 bits per heavy atom. The fourth-order valence-corrected chi connectivity index (χ4v) is 2.02. The van der Waals surface area contributed by atoms with E-state index in [1.54, 1.807) is 25.1 Å². The van der Waals surface area contributed by atoms with E-state index in [0.29, 0.717) is 16.7 Å². The van der Waals surface area contributed by atoms with Gasteiger partial charge in [-0.3, -0.25) is 0 Å². The average molecular weight is 276 g/mol. The van der Waals surface area contributed by atoms with E-state index in [4.69, 9.17) is 9.15 Å². The molecular formula is C15H16O5. The summed E-state index contributed by atoms with van der Waals surface area (Å²) in [5.41, 5.74) is 0.293. The molecule has 5 heteroatoms. The first-order chi connectivity index (χ1) is 9.45. The molecule has 0 saturated heterocycles. The molecule has 106 valence electrons. The Kier molecular flexibility index (Phi) is 3.92. The summed E-state index contributed by atoms with van der Waals surface area (Å²) in [5, 5.41) is 20.9. The molecule has 1 heterocycles. The highest BCUT2D eigenvalue weighted by molar-refractivity contribution is 5.82. The third-order valence-electron chi connectivity index (χ3n) is 3.11. The van der Waals surface area contributed by atoms with Crippen LogP contribution in [0.2, 0.25) is 0 Å². The molecule has 0 radical (unpaired) electrons. The van der Waals surface area contributed by atoms with Gasteiger partial charge in [0.05, 0.1) is 12.7 Å². The number of fused-ring (bicyclic) bond motifs is 1. The Hall–Kier alpha value is -2.11. The minimum atomic E-state index is -1.29. The molecule has 2 rings (SSSR count). The zero-order valence-corrected chi connectivity index (χ0v) is 11.3. The van der Waals surface area contributed by atoms with Gasteiger partial charge in [-0.15, -0.1) is 0 Å². The van der Waals surface area contributed by atoms with Gasteiger partial charge in [0, 0.05) is 11.5 Å². The first-order valence-electron chi connectivity index (χ1n) is 6.08. The molecule has 0 fully saturated rings. The van der Waals surface area contributed by atoms with E-state index in [2.05, 4.69) is 6.58 Å². The number of benzene rings is 1. The highest BCUT2D eigenvalue weighted by Crippen LogP contribution is 2.35. The molecule has 2 aromatic rings. The van der Waals surface area contributed by atoms with Crippen LogP contribution in [-0.2, 0) is 0 Å². The summed E-state index contributed by atoms with van der Waals surface area (Å²) >= 11 is 0. The summed E-state index contributed by atoms with van der Waals surface area (Å²) in [6, 6.07) is 6.23. The maximum atomic E-state index is 11.4. The maximum absolute atomic E-state index is 11.4. The van der Waals surface area contributed by atoms with Gasteiger partial charge in [0.1, 0.15) is 23.5 Å². The SMILES string of the molecule is C=C(C)[C@H](O)[C@@H](O)c1c(OC)ccc2ccc(=O)oc12. The Morgan fingerprint density at radius 1 is 1.30 bits per heavy atom. The van der Waals surface area contributed by atoms with Crippen molar-refractivity contribution in [1.29, 1.82) is 0 Å². The first kappa shape index (κ1) is 14.3. The van der Waals surface area contributed by atoms with Crippen LogP contribution in [0, 0.1) is 0 Å². The second-order valence-corrected chi connectivity index (χ2v) is 4.59. The van der Waals surface area contributed by atoms with Crippen LogP contribution in [-0.4, -0.2) is 23.4 Å². The smallest absolute Gasteiger partial charge is 0.336 e. The standard InChI is InChI=1S/C15H16O5/c1-8(2)13(17)14(18)12-10(19-3)6-4-9-5-7-11(16)20-15(9)12/h4-7,13-14,17-18H,1H2,2-3H3/t13-,14-/m0/s1. The van der Waals surface area contributed by atoms with Crippen LogP contribution in [0.25, 0.3) is 11.0 Å². The van der Waals surface area contributed by atoms with Crippen LogP contribution < -0.4 is 10.4 Å². The Labute approximate surface area is 115 Å². The van der Waals surface area contributed by atoms with Crippen molar-refractivity contribution in [1.82, 2.24) is 0 Å². The second-order valence-electron chi connectivity index (χ2n) is 4.59. The number of aliphatic hydroxyl groups excluding tert-OH is 2. The van der Waals surface area contributed by atoms with E-state index >= 15 is 0 Å². The lowest BCUT2D eigenvalue weighted by Crippen LogP contribution is -2.20. The molecule has 0 aliphatic rings. The minimum Gasteiger partial charge on any atom is -0.496 e. The summed E-state index contributed by atoms with van der Waals surface area (Å²) in [6.07, 6.45) is -2.48. The van der Waals surface area contributed by atoms with Crippen molar-refractivity contribution in [2.24, 2.45) is 0 Å². The monoisotopic (exact) mass is 276 g/mol. The van der Waals surface area contributed by atoms with E-state index in [1.165, 1.54) is 13.2 Å². The van der Waals surface area contributed by atoms with Crippen molar-refractivity contribution < 1.29 is 19.4 Å². The molecule has 0 amide bonds. The van der Waals surface area contributed by atoms with Gasteiger partial charge >= 0.3 is 5.63 Å². The maximum Gasteiger partial charge on any atom is 0.336 e. The quantitative estimate of drug-likeness (QED) is 0.657. The van der Waals surface area contributed by atoms with Crippen molar-refractivity contribution in [2.75, 3.05) is 7.11 Å². The lowest BCUT2D eigenvalue weighted by atomic mass is 9.97. The summed E-state index contributed by atoms with van der Waals surface area (Å²) in [7, 11) is 1.44. The molecule has 0 bridgehead atoms. The summed E-state index contributed by atoms with van der Waals surface area (Å²) in [4.78, 5) is 11.4. The van der Waals surface area contributed by atoms with E-state index in [9.17, 15) is 15.0 Å². The van der Waals surface area contributed by atoms with Crippen molar-refractivity contribution >= 4 is 11.0 Å². The van der Waals surface area contributed by atoms with Gasteiger partial charge in [0.25, 0.3) is 0 Å². The van der Waals surface area contributed by atoms with Crippen LogP contribution in [0.3, 0.4) is 0 Å². The number of methoxy groups -OCH3 is 1. The number of rotatable bonds is 4. The van der Waals surface area contributed by atoms with Gasteiger partial charge < -0.3 is 19.4 Å². The number of aliphatic hydroxyl groups is 2. The molecule has 0 aliphatic heterocycles. The zero-order chi connectivity index (χ0) is 14.9. The Morgan fingerprint density at radius 2 is 1.95 bits per heavy atom. The van der Waals surface area contributed by atoms with Gasteiger partial charge in [0.15, 0.2) is 0 Å². The lowest BCUT2D eigenvalue weighted by molar-refractivity contribution is 0.0402. The van der Waals surface area contributed by atoms with Crippen LogP contribution in [0.15, 0.2) is 45.6 Å². The molecule has 0 aliphatic carbocycles. The third-order valence-corrected chi connectivity index (χ3v) is 3.11. The van der Waals surface area contributed by atoms with Gasteiger partial charge in [-0.05, 0) is 30.7 Å². The molecule has 1 aromatic carbocycles. The fourth-order valence-electron chi connectivity index (χ4n) is 2.02. The van der Waals surface area contributed by atoms with Crippen molar-refractivity contribution in [3.63, 3.8) is 0 Å². The van der Waals surface area contributed by atoms with Crippen molar-refractivity contribution in [3.05, 3.63) is 52.4 Å². The van der Waals surface area contributed by atoms with Crippen LogP contribution in [0.4, 0.5) is 0 Å². The number of hydrogen-bond acceptors (Lipinski definition) is 5. The molecular weight excluding hydrogens is 260 g/mol. The fraction of sp³-hybridized carbons (Fsp3) is 0.267. The highest BCUT2D eigenvalue weighted by Gasteiger charge is 2.26. The largest absolute Gasteiger partial charge is 0.496 e. The highest BCUT2D eigenvalue weighted by atomic mass is 16.5. The molecule has 2 N–H and O–H groups in total. The molecule has 2 atom stereocenters. The van der Waals surface area contributed by atoms with Gasteiger partial charge in [0.2, 0.25) is 0 Å². The van der Waals surface area contributed by atoms with E-state index in [-0.39, 0.29) is 11.1 Å². The zero-order valence-electron chi connectivity index (χ0n) is 11.3. The van der Waals surface area contributed by atoms with Crippen LogP contribution in [0.5, 0.6) is 5.75 Å². The summed E-state index contributed by atoms with van der Waals surface area (Å²) < 4.78 is 10.3. The number of ether oxygens (including phenoxy) is 1. The van der Waals surface area contributed by atoms with E-state index in [1.807, 2.05) is 0 Å². The van der Waals surface area contributed by atoms with E-state index < -0.39 is 17.8 Å². The second kappa shape index (κ2) is 5.48. The van der Waals surface area contributed by atoms with Crippen LogP contribution in [0.1, 0.15) is 18.6 Å². The summed E-state index contributed by atoms with van der Waals surface area (Å²) in [6.45, 7) is 5.21. The average Bonchev–Trinajstić information content (AvgIpc) is 2.44. The van der Waals surface area contributed by atoms with Crippen molar-refractivity contribution in [3.8, 4) is 5.75 Å². The Balaban J connectivity index is 2.73. The topological polar surface area (TPSA) is 79.9 Å². The van der Waals surface area contributed by atoms with Gasteiger partial charge in [-0.1, -0.05) is 6.58 Å². The third kappa shape index (κ3) is 2.45. The lowest BCUT2D eigenvalue weighted by Gasteiger charge is -2.21. The van der Waals surface area contributed by atoms with Gasteiger partial charge in [-0.25, -0.2) is 4.79 Å². The van der Waals surface area contributed by atoms with Crippen LogP contribution >= 0.6 is 0 Å². The number of hydrogen-bond donors (Lipinski definition) is 2. The Bertz CT molecular complexity index is 701. The normalized spacial score (nSPS) is 14.0. The molecule has 1 aromatic heterocycles. The predicted octanol–water partition coefficient (Wildman–Crippen LogP) is 1.77. The summed E-state index contributed by atoms with van der Waals surface area (Å²) in [5.74, 6) is 0.333. The molecule has 0 saturated carbocycles. The van der Waals surface area contributed by atoms with E-state index in [0.717, 1.165) is 0 Å². The molecule has 5 nitrogen and oxygen atoms in total. The first-order valence-corrected chi connectivity index (χ1v) is 6.08. The van der Waals surface area contributed by atoms with Crippen molar-refractivity contribution in [2.45, 2.75) is 19.1 Å². The minimum absolute atomic E-state index is 0.199. The molecule has 0 spiro atoms.